The van der Waals surface area contributed by atoms with Crippen LogP contribution >= 0.6 is 0 Å². The maximum absolute atomic E-state index is 12.7. The van der Waals surface area contributed by atoms with E-state index in [1.165, 1.54) is 17.0 Å². The van der Waals surface area contributed by atoms with Gasteiger partial charge < -0.3 is 19.4 Å². The fourth-order valence-corrected chi connectivity index (χ4v) is 3.62. The molecule has 0 saturated carbocycles. The number of imidazole rings is 1. The second-order valence-corrected chi connectivity index (χ2v) is 7.27. The van der Waals surface area contributed by atoms with Crippen LogP contribution in [0.4, 0.5) is 18.9 Å². The number of anilines is 1. The summed E-state index contributed by atoms with van der Waals surface area (Å²) in [5.41, 5.74) is 2.59. The number of hydrogen-bond acceptors (Lipinski definition) is 4. The summed E-state index contributed by atoms with van der Waals surface area (Å²) in [4.78, 5) is 30.9. The van der Waals surface area contributed by atoms with Crippen LogP contribution in [0, 0.1) is 6.92 Å². The van der Waals surface area contributed by atoms with Crippen molar-refractivity contribution in [2.75, 3.05) is 11.4 Å². The van der Waals surface area contributed by atoms with Gasteiger partial charge in [0.25, 0.3) is 0 Å². The Kier molecular flexibility index (Phi) is 5.30. The molecule has 1 unspecified atom stereocenters. The highest BCUT2D eigenvalue weighted by atomic mass is 19.4. The van der Waals surface area contributed by atoms with Crippen molar-refractivity contribution < 1.29 is 27.5 Å². The fourth-order valence-electron chi connectivity index (χ4n) is 3.62. The molecule has 1 aromatic carbocycles. The van der Waals surface area contributed by atoms with E-state index in [4.69, 9.17) is 0 Å². The lowest BCUT2D eigenvalue weighted by Gasteiger charge is -2.18. The first-order valence-corrected chi connectivity index (χ1v) is 9.59. The second kappa shape index (κ2) is 7.93. The number of carbonyl (C=O) groups is 2. The number of fused-ring (bicyclic) bond motifs is 1. The van der Waals surface area contributed by atoms with Crippen LogP contribution in [0.5, 0.6) is 5.75 Å². The van der Waals surface area contributed by atoms with Crippen LogP contribution in [0.3, 0.4) is 0 Å². The number of aromatic nitrogens is 2. The zero-order valence-corrected chi connectivity index (χ0v) is 16.5. The first kappa shape index (κ1) is 20.7. The Balaban J connectivity index is 1.40. The van der Waals surface area contributed by atoms with Gasteiger partial charge in [0.05, 0.1) is 12.1 Å². The Morgan fingerprint density at radius 1 is 1.29 bits per heavy atom. The molecule has 162 valence electrons. The maximum Gasteiger partial charge on any atom is 0.573 e. The number of ether oxygens (including phenoxy) is 1. The molecular weight excluding hydrogens is 413 g/mol. The minimum Gasteiger partial charge on any atom is -0.406 e. The number of benzene rings is 1. The monoisotopic (exact) mass is 432 g/mol. The number of nitrogens with one attached hydrogen (secondary N) is 1. The molecule has 0 bridgehead atoms. The average Bonchev–Trinajstić information content (AvgIpc) is 3.25. The lowest BCUT2D eigenvalue weighted by Crippen LogP contribution is -2.42. The van der Waals surface area contributed by atoms with Crippen molar-refractivity contribution in [3.8, 4) is 5.75 Å². The van der Waals surface area contributed by atoms with Gasteiger partial charge in [0.2, 0.25) is 11.8 Å². The summed E-state index contributed by atoms with van der Waals surface area (Å²) in [6, 6.07) is 8.26. The molecule has 1 N–H and O–H groups in total. The van der Waals surface area contributed by atoms with Gasteiger partial charge >= 0.3 is 6.36 Å². The molecule has 3 heterocycles. The third-order valence-corrected chi connectivity index (χ3v) is 4.97. The van der Waals surface area contributed by atoms with Crippen molar-refractivity contribution in [3.05, 3.63) is 60.0 Å². The third-order valence-electron chi connectivity index (χ3n) is 4.97. The lowest BCUT2D eigenvalue weighted by atomic mass is 10.2. The van der Waals surface area contributed by atoms with Crippen LogP contribution in [-0.4, -0.2) is 40.1 Å². The number of pyridine rings is 1. The van der Waals surface area contributed by atoms with Crippen LogP contribution in [0.15, 0.2) is 48.8 Å². The van der Waals surface area contributed by atoms with Crippen molar-refractivity contribution in [2.24, 2.45) is 0 Å². The molecule has 10 heteroatoms. The first-order valence-electron chi connectivity index (χ1n) is 9.59. The Hall–Kier alpha value is -3.56. The van der Waals surface area contributed by atoms with E-state index in [-0.39, 0.29) is 30.5 Å². The van der Waals surface area contributed by atoms with Crippen molar-refractivity contribution in [3.63, 3.8) is 0 Å². The SMILES string of the molecule is Cc1cccn2cc(CC(=O)NC3CCN(c4cccc(OC(F)(F)F)c4)C3=O)nc12. The average molecular weight is 432 g/mol. The highest BCUT2D eigenvalue weighted by molar-refractivity contribution is 6.01. The van der Waals surface area contributed by atoms with Gasteiger partial charge in [-0.2, -0.15) is 0 Å². The second-order valence-electron chi connectivity index (χ2n) is 7.27. The summed E-state index contributed by atoms with van der Waals surface area (Å²) in [6.45, 7) is 2.19. The van der Waals surface area contributed by atoms with E-state index in [1.807, 2.05) is 29.7 Å². The highest BCUT2D eigenvalue weighted by Crippen LogP contribution is 2.29. The maximum atomic E-state index is 12.7. The van der Waals surface area contributed by atoms with E-state index in [1.54, 1.807) is 6.20 Å². The molecule has 1 aliphatic heterocycles. The number of hydrogen-bond donors (Lipinski definition) is 1. The summed E-state index contributed by atoms with van der Waals surface area (Å²) in [6.07, 6.45) is -0.859. The smallest absolute Gasteiger partial charge is 0.406 e. The third kappa shape index (κ3) is 4.62. The number of amides is 2. The van der Waals surface area contributed by atoms with E-state index >= 15 is 0 Å². The zero-order chi connectivity index (χ0) is 22.2. The minimum absolute atomic E-state index is 0.0137. The quantitative estimate of drug-likeness (QED) is 0.673. The zero-order valence-electron chi connectivity index (χ0n) is 16.5. The van der Waals surface area contributed by atoms with Crippen LogP contribution in [0.1, 0.15) is 17.7 Å². The van der Waals surface area contributed by atoms with Crippen molar-refractivity contribution in [1.82, 2.24) is 14.7 Å². The van der Waals surface area contributed by atoms with Crippen molar-refractivity contribution >= 4 is 23.1 Å². The van der Waals surface area contributed by atoms with Gasteiger partial charge in [-0.15, -0.1) is 13.2 Å². The number of rotatable bonds is 5. The van der Waals surface area contributed by atoms with E-state index in [2.05, 4.69) is 15.0 Å². The van der Waals surface area contributed by atoms with Crippen LogP contribution in [0.25, 0.3) is 5.65 Å². The van der Waals surface area contributed by atoms with Gasteiger partial charge in [-0.1, -0.05) is 12.1 Å². The van der Waals surface area contributed by atoms with Crippen LogP contribution in [0.2, 0.25) is 0 Å². The molecule has 2 aromatic heterocycles. The summed E-state index contributed by atoms with van der Waals surface area (Å²) >= 11 is 0. The predicted molar refractivity (Wildman–Crippen MR) is 106 cm³/mol. The standard InChI is InChI=1S/C21H19F3N4O3/c1-13-4-3-8-27-12-14(25-19(13)27)10-18(29)26-17-7-9-28(20(17)30)15-5-2-6-16(11-15)31-21(22,23)24/h2-6,8,11-12,17H,7,9-10H2,1H3,(H,26,29). The molecule has 1 atom stereocenters. The fraction of sp³-hybridized carbons (Fsp3) is 0.286. The molecule has 7 nitrogen and oxygen atoms in total. The summed E-state index contributed by atoms with van der Waals surface area (Å²) in [5, 5.41) is 2.70. The van der Waals surface area contributed by atoms with Gasteiger partial charge in [-0.05, 0) is 37.1 Å². The number of aryl methyl sites for hydroxylation is 1. The predicted octanol–water partition coefficient (Wildman–Crippen LogP) is 3.01. The van der Waals surface area contributed by atoms with E-state index in [0.717, 1.165) is 23.3 Å². The number of carbonyl (C=O) groups excluding carboxylic acids is 2. The molecule has 3 aromatic rings. The van der Waals surface area contributed by atoms with Gasteiger partial charge in [-0.3, -0.25) is 9.59 Å². The molecule has 31 heavy (non-hydrogen) atoms. The molecule has 1 saturated heterocycles. The summed E-state index contributed by atoms with van der Waals surface area (Å²) < 4.78 is 43.1. The highest BCUT2D eigenvalue weighted by Gasteiger charge is 2.35. The Morgan fingerprint density at radius 2 is 2.10 bits per heavy atom. The Morgan fingerprint density at radius 3 is 2.84 bits per heavy atom. The van der Waals surface area contributed by atoms with E-state index < -0.39 is 18.2 Å². The van der Waals surface area contributed by atoms with Crippen LogP contribution in [-0.2, 0) is 16.0 Å². The number of alkyl halides is 3. The summed E-state index contributed by atoms with van der Waals surface area (Å²) in [7, 11) is 0. The summed E-state index contributed by atoms with van der Waals surface area (Å²) in [5.74, 6) is -1.15. The molecule has 2 amide bonds. The van der Waals surface area contributed by atoms with Crippen molar-refractivity contribution in [1.29, 1.82) is 0 Å². The van der Waals surface area contributed by atoms with Gasteiger partial charge in [-0.25, -0.2) is 4.98 Å². The Bertz CT molecular complexity index is 1140. The molecule has 1 fully saturated rings. The largest absolute Gasteiger partial charge is 0.573 e. The van der Waals surface area contributed by atoms with E-state index in [9.17, 15) is 22.8 Å². The molecule has 1 aliphatic rings. The van der Waals surface area contributed by atoms with Gasteiger partial charge in [0, 0.05) is 30.7 Å². The number of nitrogens with zero attached hydrogens (tertiary/aromatic N) is 3. The first-order chi connectivity index (χ1) is 14.7. The van der Waals surface area contributed by atoms with Crippen LogP contribution < -0.4 is 15.0 Å². The molecule has 0 radical (unpaired) electrons. The van der Waals surface area contributed by atoms with E-state index in [0.29, 0.717) is 12.1 Å². The normalized spacial score (nSPS) is 16.7. The van der Waals surface area contributed by atoms with Gasteiger partial charge in [0.15, 0.2) is 0 Å². The molecule has 0 spiro atoms. The topological polar surface area (TPSA) is 75.9 Å². The number of halogens is 3. The molecule has 4 rings (SSSR count). The molecular formula is C21H19F3N4O3. The minimum atomic E-state index is -4.82. The molecule has 0 aliphatic carbocycles. The Labute approximate surface area is 175 Å². The lowest BCUT2D eigenvalue weighted by molar-refractivity contribution is -0.274. The van der Waals surface area contributed by atoms with Gasteiger partial charge in [0.1, 0.15) is 17.4 Å². The van der Waals surface area contributed by atoms with Crippen molar-refractivity contribution in [2.45, 2.75) is 32.2 Å².